The molecule has 7 nitrogen and oxygen atoms in total. The van der Waals surface area contributed by atoms with E-state index in [1.165, 1.54) is 16.4 Å². The van der Waals surface area contributed by atoms with E-state index in [1.54, 1.807) is 17.9 Å². The number of benzene rings is 1. The molecule has 8 heteroatoms. The van der Waals surface area contributed by atoms with Gasteiger partial charge in [0.15, 0.2) is 6.61 Å². The topological polar surface area (TPSA) is 84.0 Å². The molecule has 29 heavy (non-hydrogen) atoms. The third-order valence-electron chi connectivity index (χ3n) is 5.84. The summed E-state index contributed by atoms with van der Waals surface area (Å²) in [6.07, 6.45) is 4.63. The Labute approximate surface area is 173 Å². The molecule has 0 radical (unpaired) electrons. The van der Waals surface area contributed by atoms with E-state index in [4.69, 9.17) is 4.74 Å². The number of likely N-dealkylation sites (tertiary alicyclic amines) is 1. The highest BCUT2D eigenvalue weighted by Gasteiger charge is 2.28. The SMILES string of the molecule is Cc1ccc(S(=O)(=O)N2CCCCC2)cc1C(=O)OCC(=O)N1CCC(C)CC1. The summed E-state index contributed by atoms with van der Waals surface area (Å²) in [6.45, 7) is 5.92. The van der Waals surface area contributed by atoms with Gasteiger partial charge in [0.05, 0.1) is 10.5 Å². The fourth-order valence-corrected chi connectivity index (χ4v) is 5.33. The van der Waals surface area contributed by atoms with Crippen molar-refractivity contribution in [3.8, 4) is 0 Å². The van der Waals surface area contributed by atoms with E-state index < -0.39 is 16.0 Å². The molecule has 160 valence electrons. The van der Waals surface area contributed by atoms with Gasteiger partial charge in [0.2, 0.25) is 10.0 Å². The average Bonchev–Trinajstić information content (AvgIpc) is 2.73. The molecule has 1 aromatic rings. The number of carbonyl (C=O) groups excluding carboxylic acids is 2. The molecule has 0 atom stereocenters. The zero-order valence-electron chi connectivity index (χ0n) is 17.2. The molecule has 0 bridgehead atoms. The van der Waals surface area contributed by atoms with Gasteiger partial charge in [0.25, 0.3) is 5.91 Å². The molecule has 0 saturated carbocycles. The highest BCUT2D eigenvalue weighted by atomic mass is 32.2. The molecular formula is C21H30N2O5S. The van der Waals surface area contributed by atoms with Crippen LogP contribution in [0.25, 0.3) is 0 Å². The van der Waals surface area contributed by atoms with E-state index in [1.807, 2.05) is 0 Å². The Balaban J connectivity index is 1.67. The van der Waals surface area contributed by atoms with E-state index in [0.29, 0.717) is 37.7 Å². The number of hydrogen-bond acceptors (Lipinski definition) is 5. The number of piperidine rings is 2. The zero-order chi connectivity index (χ0) is 21.0. The van der Waals surface area contributed by atoms with Crippen molar-refractivity contribution >= 4 is 21.9 Å². The van der Waals surface area contributed by atoms with Crippen LogP contribution in [0.5, 0.6) is 0 Å². The standard InChI is InChI=1S/C21H30N2O5S/c1-16-8-12-22(13-9-16)20(24)15-28-21(25)19-14-18(7-6-17(19)2)29(26,27)23-10-4-3-5-11-23/h6-7,14,16H,3-5,8-13,15H2,1-2H3. The van der Waals surface area contributed by atoms with E-state index in [0.717, 1.165) is 32.1 Å². The lowest BCUT2D eigenvalue weighted by Crippen LogP contribution is -2.40. The predicted molar refractivity (Wildman–Crippen MR) is 109 cm³/mol. The largest absolute Gasteiger partial charge is 0.452 e. The van der Waals surface area contributed by atoms with Crippen LogP contribution in [0.1, 0.15) is 54.9 Å². The molecule has 0 N–H and O–H groups in total. The number of ether oxygens (including phenoxy) is 1. The molecule has 0 unspecified atom stereocenters. The van der Waals surface area contributed by atoms with Gasteiger partial charge in [0.1, 0.15) is 0 Å². The third kappa shape index (κ3) is 5.17. The Kier molecular flexibility index (Phi) is 6.95. The Morgan fingerprint density at radius 2 is 1.72 bits per heavy atom. The van der Waals surface area contributed by atoms with Gasteiger partial charge in [-0.3, -0.25) is 4.79 Å². The number of rotatable bonds is 5. The molecule has 0 aliphatic carbocycles. The first-order valence-electron chi connectivity index (χ1n) is 10.3. The van der Waals surface area contributed by atoms with Crippen molar-refractivity contribution in [1.82, 2.24) is 9.21 Å². The number of nitrogens with zero attached hydrogens (tertiary/aromatic N) is 2. The molecule has 0 aromatic heterocycles. The van der Waals surface area contributed by atoms with Crippen LogP contribution in [0.4, 0.5) is 0 Å². The van der Waals surface area contributed by atoms with Crippen LogP contribution < -0.4 is 0 Å². The minimum atomic E-state index is -3.64. The van der Waals surface area contributed by atoms with Crippen molar-refractivity contribution in [3.63, 3.8) is 0 Å². The Morgan fingerprint density at radius 3 is 2.38 bits per heavy atom. The normalized spacial score (nSPS) is 19.2. The maximum absolute atomic E-state index is 12.9. The maximum Gasteiger partial charge on any atom is 0.338 e. The summed E-state index contributed by atoms with van der Waals surface area (Å²) in [6, 6.07) is 4.51. The second-order valence-electron chi connectivity index (χ2n) is 8.08. The molecular weight excluding hydrogens is 392 g/mol. The van der Waals surface area contributed by atoms with E-state index in [-0.39, 0.29) is 23.0 Å². The van der Waals surface area contributed by atoms with Gasteiger partial charge >= 0.3 is 5.97 Å². The molecule has 0 spiro atoms. The van der Waals surface area contributed by atoms with Gasteiger partial charge in [-0.15, -0.1) is 0 Å². The molecule has 1 amide bonds. The lowest BCUT2D eigenvalue weighted by molar-refractivity contribution is -0.135. The van der Waals surface area contributed by atoms with Crippen molar-refractivity contribution < 1.29 is 22.7 Å². The first-order chi connectivity index (χ1) is 13.8. The van der Waals surface area contributed by atoms with Gasteiger partial charge in [-0.2, -0.15) is 4.31 Å². The van der Waals surface area contributed by atoms with Gasteiger partial charge in [0, 0.05) is 26.2 Å². The smallest absolute Gasteiger partial charge is 0.338 e. The molecule has 1 aromatic carbocycles. The summed E-state index contributed by atoms with van der Waals surface area (Å²) in [5.41, 5.74) is 0.801. The number of aryl methyl sites for hydroxylation is 1. The zero-order valence-corrected chi connectivity index (χ0v) is 18.0. The third-order valence-corrected chi connectivity index (χ3v) is 7.74. The van der Waals surface area contributed by atoms with Crippen LogP contribution >= 0.6 is 0 Å². The number of esters is 1. The number of sulfonamides is 1. The van der Waals surface area contributed by atoms with Gasteiger partial charge in [-0.05, 0) is 56.2 Å². The predicted octanol–water partition coefficient (Wildman–Crippen LogP) is 2.58. The van der Waals surface area contributed by atoms with Crippen molar-refractivity contribution in [2.45, 2.75) is 50.8 Å². The van der Waals surface area contributed by atoms with Crippen molar-refractivity contribution in [2.24, 2.45) is 5.92 Å². The quantitative estimate of drug-likeness (QED) is 0.681. The lowest BCUT2D eigenvalue weighted by atomic mass is 9.99. The van der Waals surface area contributed by atoms with Gasteiger partial charge in [-0.1, -0.05) is 19.4 Å². The Morgan fingerprint density at radius 1 is 1.07 bits per heavy atom. The van der Waals surface area contributed by atoms with E-state index in [2.05, 4.69) is 6.92 Å². The molecule has 2 heterocycles. The summed E-state index contributed by atoms with van der Waals surface area (Å²) < 4.78 is 32.5. The van der Waals surface area contributed by atoms with Gasteiger partial charge in [-0.25, -0.2) is 13.2 Å². The molecule has 2 fully saturated rings. The highest BCUT2D eigenvalue weighted by Crippen LogP contribution is 2.23. The maximum atomic E-state index is 12.9. The lowest BCUT2D eigenvalue weighted by Gasteiger charge is -2.30. The first kappa shape index (κ1) is 21.8. The molecule has 2 aliphatic rings. The van der Waals surface area contributed by atoms with E-state index in [9.17, 15) is 18.0 Å². The number of carbonyl (C=O) groups is 2. The fourth-order valence-electron chi connectivity index (χ4n) is 3.79. The van der Waals surface area contributed by atoms with Crippen molar-refractivity contribution in [2.75, 3.05) is 32.8 Å². The number of amides is 1. The van der Waals surface area contributed by atoms with Crippen LogP contribution in [-0.4, -0.2) is 62.3 Å². The van der Waals surface area contributed by atoms with Crippen LogP contribution in [0.2, 0.25) is 0 Å². The van der Waals surface area contributed by atoms with Crippen molar-refractivity contribution in [3.05, 3.63) is 29.3 Å². The van der Waals surface area contributed by atoms with Crippen LogP contribution in [0.3, 0.4) is 0 Å². The minimum Gasteiger partial charge on any atom is -0.452 e. The molecule has 2 aliphatic heterocycles. The van der Waals surface area contributed by atoms with Crippen molar-refractivity contribution in [1.29, 1.82) is 0 Å². The Bertz CT molecular complexity index is 854. The van der Waals surface area contributed by atoms with Crippen LogP contribution in [0.15, 0.2) is 23.1 Å². The summed E-state index contributed by atoms with van der Waals surface area (Å²) >= 11 is 0. The molecule has 2 saturated heterocycles. The second kappa shape index (κ2) is 9.26. The second-order valence-corrected chi connectivity index (χ2v) is 10.0. The van der Waals surface area contributed by atoms with Crippen LogP contribution in [0, 0.1) is 12.8 Å². The summed E-state index contributed by atoms with van der Waals surface area (Å²) in [7, 11) is -3.64. The van der Waals surface area contributed by atoms with Gasteiger partial charge < -0.3 is 9.64 Å². The average molecular weight is 423 g/mol. The fraction of sp³-hybridized carbons (Fsp3) is 0.619. The summed E-state index contributed by atoms with van der Waals surface area (Å²) in [4.78, 5) is 26.7. The minimum absolute atomic E-state index is 0.0910. The monoisotopic (exact) mass is 422 g/mol. The number of hydrogen-bond donors (Lipinski definition) is 0. The summed E-state index contributed by atoms with van der Waals surface area (Å²) in [5.74, 6) is -0.272. The Hall–Kier alpha value is -1.93. The first-order valence-corrected chi connectivity index (χ1v) is 11.8. The molecule has 3 rings (SSSR count). The van der Waals surface area contributed by atoms with E-state index >= 15 is 0 Å². The van der Waals surface area contributed by atoms with Crippen LogP contribution in [-0.2, 0) is 19.6 Å². The summed E-state index contributed by atoms with van der Waals surface area (Å²) in [5, 5.41) is 0. The highest BCUT2D eigenvalue weighted by molar-refractivity contribution is 7.89.